The highest BCUT2D eigenvalue weighted by atomic mass is 32.2. The largest absolute Gasteiger partial charge is 0.350 e. The van der Waals surface area contributed by atoms with Crippen LogP contribution >= 0.6 is 11.8 Å². The molecular weight excluding hydrogens is 220 g/mol. The van der Waals surface area contributed by atoms with Gasteiger partial charge in [0.25, 0.3) is 0 Å². The van der Waals surface area contributed by atoms with Crippen LogP contribution in [0.2, 0.25) is 0 Å². The van der Waals surface area contributed by atoms with Gasteiger partial charge in [-0.2, -0.15) is 11.8 Å². The fourth-order valence-corrected chi connectivity index (χ4v) is 2.71. The summed E-state index contributed by atoms with van der Waals surface area (Å²) in [4.78, 5) is 11.9. The van der Waals surface area contributed by atoms with Crippen LogP contribution in [0.15, 0.2) is 0 Å². The number of thioether (sulfide) groups is 1. The Hall–Kier alpha value is -0.220. The van der Waals surface area contributed by atoms with E-state index >= 15 is 0 Å². The van der Waals surface area contributed by atoms with Gasteiger partial charge in [0.1, 0.15) is 0 Å². The molecule has 0 aromatic rings. The molecule has 1 rings (SSSR count). The molecule has 1 amide bonds. The molecule has 16 heavy (non-hydrogen) atoms. The number of rotatable bonds is 5. The molecule has 0 aromatic heterocycles. The number of hydrogen-bond acceptors (Lipinski definition) is 3. The highest BCUT2D eigenvalue weighted by Crippen LogP contribution is 2.27. The van der Waals surface area contributed by atoms with Crippen LogP contribution in [0, 0.1) is 0 Å². The molecule has 0 bridgehead atoms. The molecule has 3 nitrogen and oxygen atoms in total. The Morgan fingerprint density at radius 3 is 2.62 bits per heavy atom. The zero-order chi connectivity index (χ0) is 12.0. The molecule has 4 heteroatoms. The van der Waals surface area contributed by atoms with E-state index in [0.717, 1.165) is 25.0 Å². The smallest absolute Gasteiger partial charge is 0.237 e. The average Bonchev–Trinajstić information content (AvgIpc) is 2.26. The second kappa shape index (κ2) is 6.50. The van der Waals surface area contributed by atoms with E-state index in [1.807, 2.05) is 6.26 Å². The standard InChI is InChI=1S/C12H24N2OS/c1-12(7-4-3-5-8-12)14-11(15)10(13)6-9-16-2/h10H,3-9,13H2,1-2H3,(H,14,15)/t10-/m0/s1. The van der Waals surface area contributed by atoms with Crippen molar-refractivity contribution in [2.24, 2.45) is 5.73 Å². The lowest BCUT2D eigenvalue weighted by Crippen LogP contribution is -2.53. The third kappa shape index (κ3) is 4.34. The van der Waals surface area contributed by atoms with E-state index < -0.39 is 0 Å². The molecule has 0 radical (unpaired) electrons. The molecule has 1 fully saturated rings. The van der Waals surface area contributed by atoms with Crippen LogP contribution in [-0.4, -0.2) is 29.5 Å². The fourth-order valence-electron chi connectivity index (χ4n) is 2.22. The van der Waals surface area contributed by atoms with Gasteiger partial charge in [-0.05, 0) is 38.2 Å². The molecule has 0 spiro atoms. The third-order valence-electron chi connectivity index (χ3n) is 3.35. The van der Waals surface area contributed by atoms with Gasteiger partial charge in [0, 0.05) is 5.54 Å². The van der Waals surface area contributed by atoms with Gasteiger partial charge in [0.2, 0.25) is 5.91 Å². The maximum absolute atomic E-state index is 11.9. The third-order valence-corrected chi connectivity index (χ3v) is 4.00. The molecule has 0 unspecified atom stereocenters. The van der Waals surface area contributed by atoms with Crippen molar-refractivity contribution in [1.29, 1.82) is 0 Å². The van der Waals surface area contributed by atoms with Crippen LogP contribution in [0.5, 0.6) is 0 Å². The average molecular weight is 244 g/mol. The summed E-state index contributed by atoms with van der Waals surface area (Å²) in [5.74, 6) is 0.976. The zero-order valence-electron chi connectivity index (χ0n) is 10.4. The van der Waals surface area contributed by atoms with Gasteiger partial charge >= 0.3 is 0 Å². The predicted molar refractivity (Wildman–Crippen MR) is 70.6 cm³/mol. The summed E-state index contributed by atoms with van der Waals surface area (Å²) in [6.07, 6.45) is 8.72. The molecule has 3 N–H and O–H groups in total. The van der Waals surface area contributed by atoms with Crippen molar-refractivity contribution in [3.05, 3.63) is 0 Å². The summed E-state index contributed by atoms with van der Waals surface area (Å²) < 4.78 is 0. The van der Waals surface area contributed by atoms with Gasteiger partial charge < -0.3 is 11.1 Å². The highest BCUT2D eigenvalue weighted by molar-refractivity contribution is 7.98. The number of carbonyl (C=O) groups is 1. The van der Waals surface area contributed by atoms with Crippen molar-refractivity contribution < 1.29 is 4.79 Å². The number of nitrogens with two attached hydrogens (primary N) is 1. The van der Waals surface area contributed by atoms with Crippen LogP contribution in [0.4, 0.5) is 0 Å². The fraction of sp³-hybridized carbons (Fsp3) is 0.917. The maximum Gasteiger partial charge on any atom is 0.237 e. The van der Waals surface area contributed by atoms with Gasteiger partial charge in [-0.25, -0.2) is 0 Å². The lowest BCUT2D eigenvalue weighted by atomic mass is 9.83. The number of carbonyl (C=O) groups excluding carboxylic acids is 1. The van der Waals surface area contributed by atoms with Gasteiger partial charge in [0.15, 0.2) is 0 Å². The highest BCUT2D eigenvalue weighted by Gasteiger charge is 2.29. The van der Waals surface area contributed by atoms with E-state index in [1.165, 1.54) is 19.3 Å². The van der Waals surface area contributed by atoms with Crippen LogP contribution < -0.4 is 11.1 Å². The Labute approximate surface area is 103 Å². The Kier molecular flexibility index (Phi) is 5.62. The van der Waals surface area contributed by atoms with Crippen LogP contribution in [0.25, 0.3) is 0 Å². The van der Waals surface area contributed by atoms with Crippen molar-refractivity contribution in [2.75, 3.05) is 12.0 Å². The minimum atomic E-state index is -0.341. The summed E-state index contributed by atoms with van der Waals surface area (Å²) in [5, 5.41) is 3.13. The summed E-state index contributed by atoms with van der Waals surface area (Å²) in [5.41, 5.74) is 5.85. The Morgan fingerprint density at radius 1 is 1.44 bits per heavy atom. The number of hydrogen-bond donors (Lipinski definition) is 2. The minimum Gasteiger partial charge on any atom is -0.350 e. The molecule has 0 saturated heterocycles. The summed E-state index contributed by atoms with van der Waals surface area (Å²) in [6, 6.07) is -0.341. The maximum atomic E-state index is 11.9. The number of amides is 1. The number of nitrogens with one attached hydrogen (secondary N) is 1. The molecule has 0 aliphatic heterocycles. The van der Waals surface area contributed by atoms with Crippen LogP contribution in [-0.2, 0) is 4.79 Å². The predicted octanol–water partition coefficient (Wildman–Crippen LogP) is 1.91. The molecule has 94 valence electrons. The summed E-state index contributed by atoms with van der Waals surface area (Å²) in [6.45, 7) is 2.14. The van der Waals surface area contributed by atoms with E-state index in [0.29, 0.717) is 0 Å². The lowest BCUT2D eigenvalue weighted by molar-refractivity contribution is -0.124. The van der Waals surface area contributed by atoms with Crippen molar-refractivity contribution in [2.45, 2.75) is 57.0 Å². The molecule has 0 aromatic carbocycles. The monoisotopic (exact) mass is 244 g/mol. The topological polar surface area (TPSA) is 55.1 Å². The van der Waals surface area contributed by atoms with E-state index in [9.17, 15) is 4.79 Å². The second-order valence-electron chi connectivity index (χ2n) is 5.00. The molecule has 1 atom stereocenters. The molecule has 0 heterocycles. The van der Waals surface area contributed by atoms with Gasteiger partial charge in [-0.15, -0.1) is 0 Å². The van der Waals surface area contributed by atoms with Crippen LogP contribution in [0.1, 0.15) is 45.4 Å². The summed E-state index contributed by atoms with van der Waals surface area (Å²) in [7, 11) is 0. The van der Waals surface area contributed by atoms with E-state index in [-0.39, 0.29) is 17.5 Å². The van der Waals surface area contributed by atoms with Crippen molar-refractivity contribution in [3.63, 3.8) is 0 Å². The van der Waals surface area contributed by atoms with E-state index in [4.69, 9.17) is 5.73 Å². The zero-order valence-corrected chi connectivity index (χ0v) is 11.2. The van der Waals surface area contributed by atoms with Crippen molar-refractivity contribution in [3.8, 4) is 0 Å². The molecular formula is C12H24N2OS. The minimum absolute atomic E-state index is 0.00763. The van der Waals surface area contributed by atoms with Crippen molar-refractivity contribution in [1.82, 2.24) is 5.32 Å². The second-order valence-corrected chi connectivity index (χ2v) is 5.98. The normalized spacial score (nSPS) is 21.4. The molecule has 1 aliphatic carbocycles. The lowest BCUT2D eigenvalue weighted by Gasteiger charge is -2.35. The van der Waals surface area contributed by atoms with Crippen molar-refractivity contribution >= 4 is 17.7 Å². The van der Waals surface area contributed by atoms with Crippen LogP contribution in [0.3, 0.4) is 0 Å². The molecule has 1 aliphatic rings. The first kappa shape index (κ1) is 13.8. The Balaban J connectivity index is 2.36. The van der Waals surface area contributed by atoms with Gasteiger partial charge in [-0.3, -0.25) is 4.79 Å². The molecule has 1 saturated carbocycles. The van der Waals surface area contributed by atoms with E-state index in [1.54, 1.807) is 11.8 Å². The van der Waals surface area contributed by atoms with Gasteiger partial charge in [0.05, 0.1) is 6.04 Å². The summed E-state index contributed by atoms with van der Waals surface area (Å²) >= 11 is 1.73. The van der Waals surface area contributed by atoms with E-state index in [2.05, 4.69) is 12.2 Å². The first-order valence-corrected chi connectivity index (χ1v) is 7.53. The Morgan fingerprint density at radius 2 is 2.06 bits per heavy atom. The quantitative estimate of drug-likeness (QED) is 0.776. The Bertz CT molecular complexity index is 227. The first-order chi connectivity index (χ1) is 7.57. The SMILES string of the molecule is CSCC[C@H](N)C(=O)NC1(C)CCCCC1. The first-order valence-electron chi connectivity index (χ1n) is 6.14. The van der Waals surface area contributed by atoms with Gasteiger partial charge in [-0.1, -0.05) is 19.3 Å².